The second kappa shape index (κ2) is 23.8. The summed E-state index contributed by atoms with van der Waals surface area (Å²) in [5, 5.41) is 22.8. The van der Waals surface area contributed by atoms with Crippen LogP contribution in [0.3, 0.4) is 0 Å². The van der Waals surface area contributed by atoms with Crippen LogP contribution in [0.15, 0.2) is 0 Å². The molecular weight excluding hydrogens is 345 g/mol. The van der Waals surface area contributed by atoms with Gasteiger partial charge in [0.1, 0.15) is 0 Å². The molecule has 0 aromatic heterocycles. The SMILES string of the molecule is CCCCCCCCCCCCOS(=O)(=O)[O-].[Na+].[Na+].[O-]B(O)O. The summed E-state index contributed by atoms with van der Waals surface area (Å²) in [6.07, 6.45) is 11.7. The minimum atomic E-state index is -4.48. The maximum Gasteiger partial charge on any atom is 1.00 e. The quantitative estimate of drug-likeness (QED) is 0.151. The maximum atomic E-state index is 10.1. The van der Waals surface area contributed by atoms with Gasteiger partial charge < -0.3 is 19.6 Å². The van der Waals surface area contributed by atoms with Gasteiger partial charge >= 0.3 is 66.4 Å². The van der Waals surface area contributed by atoms with Gasteiger partial charge in [0, 0.05) is 0 Å². The Labute approximate surface area is 185 Å². The van der Waals surface area contributed by atoms with Crippen molar-refractivity contribution < 1.29 is 91.3 Å². The first kappa shape index (κ1) is 32.5. The Hall–Kier alpha value is 1.81. The van der Waals surface area contributed by atoms with Crippen LogP contribution in [0.4, 0.5) is 0 Å². The van der Waals surface area contributed by atoms with Crippen molar-refractivity contribution in [1.82, 2.24) is 0 Å². The Kier molecular flexibility index (Phi) is 33.6. The molecule has 7 nitrogen and oxygen atoms in total. The molecule has 0 aromatic rings. The molecule has 0 aliphatic carbocycles. The van der Waals surface area contributed by atoms with E-state index in [1.165, 1.54) is 44.9 Å². The van der Waals surface area contributed by atoms with Gasteiger partial charge in [0.2, 0.25) is 10.4 Å². The Morgan fingerprint density at radius 3 is 1.48 bits per heavy atom. The van der Waals surface area contributed by atoms with Crippen LogP contribution in [-0.2, 0) is 14.6 Å². The zero-order valence-corrected chi connectivity index (χ0v) is 19.5. The van der Waals surface area contributed by atoms with E-state index in [0.717, 1.165) is 12.8 Å². The number of hydrogen-bond acceptors (Lipinski definition) is 7. The third kappa shape index (κ3) is 45.3. The molecule has 0 bridgehead atoms. The predicted octanol–water partition coefficient (Wildman–Crippen LogP) is -5.29. The van der Waals surface area contributed by atoms with Crippen molar-refractivity contribution in [1.29, 1.82) is 0 Å². The average molecular weight is 372 g/mol. The van der Waals surface area contributed by atoms with Crippen molar-refractivity contribution in [2.75, 3.05) is 6.61 Å². The van der Waals surface area contributed by atoms with E-state index in [1.54, 1.807) is 0 Å². The number of hydrogen-bond donors (Lipinski definition) is 2. The van der Waals surface area contributed by atoms with Crippen molar-refractivity contribution in [3.8, 4) is 0 Å². The fraction of sp³-hybridized carbons (Fsp3) is 1.00. The minimum Gasteiger partial charge on any atom is -0.832 e. The second-order valence-electron chi connectivity index (χ2n) is 4.74. The van der Waals surface area contributed by atoms with Gasteiger partial charge in [0.25, 0.3) is 0 Å². The second-order valence-corrected chi connectivity index (χ2v) is 5.79. The molecule has 0 spiro atoms. The third-order valence-electron chi connectivity index (χ3n) is 2.73. The zero-order valence-electron chi connectivity index (χ0n) is 14.7. The fourth-order valence-electron chi connectivity index (χ4n) is 1.75. The molecule has 0 amide bonds. The molecule has 0 heterocycles. The Morgan fingerprint density at radius 1 is 0.870 bits per heavy atom. The van der Waals surface area contributed by atoms with Gasteiger partial charge in [-0.1, -0.05) is 64.7 Å². The van der Waals surface area contributed by atoms with Crippen molar-refractivity contribution in [3.05, 3.63) is 0 Å². The summed E-state index contributed by atoms with van der Waals surface area (Å²) in [5.74, 6) is 0. The van der Waals surface area contributed by atoms with E-state index in [9.17, 15) is 13.0 Å². The summed E-state index contributed by atoms with van der Waals surface area (Å²) in [6.45, 7) is 2.24. The first-order valence-corrected chi connectivity index (χ1v) is 8.75. The average Bonchev–Trinajstić information content (AvgIpc) is 2.34. The van der Waals surface area contributed by atoms with Crippen LogP contribution < -0.4 is 64.1 Å². The summed E-state index contributed by atoms with van der Waals surface area (Å²) in [4.78, 5) is 0. The predicted molar refractivity (Wildman–Crippen MR) is 77.7 cm³/mol. The molecule has 0 aromatic carbocycles. The molecular formula is C12H27BNa2O7S. The molecule has 0 radical (unpaired) electrons. The Morgan fingerprint density at radius 2 is 1.17 bits per heavy atom. The van der Waals surface area contributed by atoms with Gasteiger partial charge in [-0.25, -0.2) is 8.42 Å². The van der Waals surface area contributed by atoms with Crippen LogP contribution in [0.1, 0.15) is 71.1 Å². The van der Waals surface area contributed by atoms with Crippen molar-refractivity contribution >= 4 is 17.7 Å². The maximum absolute atomic E-state index is 10.1. The number of rotatable bonds is 12. The molecule has 0 atom stereocenters. The molecule has 0 fully saturated rings. The molecule has 0 rings (SSSR count). The minimum absolute atomic E-state index is 0. The topological polar surface area (TPSA) is 130 Å². The molecule has 2 N–H and O–H groups in total. The molecule has 23 heavy (non-hydrogen) atoms. The van der Waals surface area contributed by atoms with Gasteiger partial charge in [-0.2, -0.15) is 0 Å². The zero-order chi connectivity index (χ0) is 16.6. The van der Waals surface area contributed by atoms with Gasteiger partial charge in [0.15, 0.2) is 0 Å². The standard InChI is InChI=1S/C12H26O4S.BH2O3.2Na/c1-2-3-4-5-6-7-8-9-10-11-12-16-17(13,14)15;2-1(3)4;;/h2-12H2,1H3,(H,13,14,15);2-3H;;/q;-1;2*+1/p-1. The molecule has 0 aliphatic rings. The van der Waals surface area contributed by atoms with E-state index >= 15 is 0 Å². The summed E-state index contributed by atoms with van der Waals surface area (Å²) in [5.41, 5.74) is 0. The Bertz CT molecular complexity index is 303. The summed E-state index contributed by atoms with van der Waals surface area (Å²) in [6, 6.07) is 0. The molecule has 128 valence electrons. The van der Waals surface area contributed by atoms with Crippen LogP contribution >= 0.6 is 0 Å². The van der Waals surface area contributed by atoms with E-state index in [0.29, 0.717) is 6.42 Å². The van der Waals surface area contributed by atoms with Crippen LogP contribution in [-0.4, -0.2) is 36.9 Å². The summed E-state index contributed by atoms with van der Waals surface area (Å²) in [7, 11) is -6.90. The molecule has 0 aliphatic heterocycles. The molecule has 11 heteroatoms. The molecule has 0 unspecified atom stereocenters. The van der Waals surface area contributed by atoms with Gasteiger partial charge in [-0.3, -0.25) is 4.18 Å². The van der Waals surface area contributed by atoms with E-state index in [-0.39, 0.29) is 65.7 Å². The third-order valence-corrected chi connectivity index (χ3v) is 3.18. The largest absolute Gasteiger partial charge is 1.00 e. The number of unbranched alkanes of at least 4 members (excludes halogenated alkanes) is 9. The van der Waals surface area contributed by atoms with Crippen LogP contribution in [0.2, 0.25) is 0 Å². The monoisotopic (exact) mass is 372 g/mol. The van der Waals surface area contributed by atoms with Crippen LogP contribution in [0.5, 0.6) is 0 Å². The van der Waals surface area contributed by atoms with Crippen molar-refractivity contribution in [3.63, 3.8) is 0 Å². The summed E-state index contributed by atoms with van der Waals surface area (Å²) < 4.78 is 34.5. The first-order valence-electron chi connectivity index (χ1n) is 7.41. The normalized spacial score (nSPS) is 9.96. The van der Waals surface area contributed by atoms with Crippen molar-refractivity contribution in [2.45, 2.75) is 71.1 Å². The fourth-order valence-corrected chi connectivity index (χ4v) is 2.07. The smallest absolute Gasteiger partial charge is 0.832 e. The van der Waals surface area contributed by atoms with Gasteiger partial charge in [-0.05, 0) is 6.42 Å². The van der Waals surface area contributed by atoms with Crippen LogP contribution in [0, 0.1) is 0 Å². The van der Waals surface area contributed by atoms with Gasteiger partial charge in [0.05, 0.1) is 6.61 Å². The van der Waals surface area contributed by atoms with E-state index in [2.05, 4.69) is 11.1 Å². The van der Waals surface area contributed by atoms with E-state index in [1.807, 2.05) is 0 Å². The van der Waals surface area contributed by atoms with Crippen molar-refractivity contribution in [2.24, 2.45) is 0 Å². The van der Waals surface area contributed by atoms with Gasteiger partial charge in [-0.15, -0.1) is 0 Å². The Balaban J connectivity index is -0.000000268. The van der Waals surface area contributed by atoms with E-state index < -0.39 is 17.7 Å². The summed E-state index contributed by atoms with van der Waals surface area (Å²) >= 11 is 0. The first-order chi connectivity index (χ1) is 9.79. The van der Waals surface area contributed by atoms with Crippen LogP contribution in [0.25, 0.3) is 0 Å². The molecule has 0 saturated carbocycles. The van der Waals surface area contributed by atoms with E-state index in [4.69, 9.17) is 15.1 Å². The molecule has 0 saturated heterocycles.